The molecule has 0 saturated heterocycles. The summed E-state index contributed by atoms with van der Waals surface area (Å²) in [5.41, 5.74) is 2.75. The SMILES string of the molecule is CCCC(CCC)C(=NC(C)C)NN. The largest absolute Gasteiger partial charge is 0.312 e. The smallest absolute Gasteiger partial charge is 0.114 e. The van der Waals surface area contributed by atoms with Gasteiger partial charge in [0, 0.05) is 12.0 Å². The Bertz CT molecular complexity index is 158. The van der Waals surface area contributed by atoms with Crippen molar-refractivity contribution in [2.45, 2.75) is 59.4 Å². The summed E-state index contributed by atoms with van der Waals surface area (Å²) in [7, 11) is 0. The summed E-state index contributed by atoms with van der Waals surface area (Å²) >= 11 is 0. The van der Waals surface area contributed by atoms with Crippen LogP contribution in [-0.2, 0) is 0 Å². The third-order valence-electron chi connectivity index (χ3n) is 2.21. The number of hydrazine groups is 1. The van der Waals surface area contributed by atoms with Crippen molar-refractivity contribution in [3.63, 3.8) is 0 Å². The molecule has 0 amide bonds. The molecule has 0 heterocycles. The van der Waals surface area contributed by atoms with Crippen molar-refractivity contribution < 1.29 is 0 Å². The molecule has 0 atom stereocenters. The van der Waals surface area contributed by atoms with E-state index in [2.05, 4.69) is 38.1 Å². The van der Waals surface area contributed by atoms with Gasteiger partial charge in [0.2, 0.25) is 0 Å². The number of hydrogen-bond donors (Lipinski definition) is 2. The second-order valence-electron chi connectivity index (χ2n) is 4.03. The predicted molar refractivity (Wildman–Crippen MR) is 63.2 cm³/mol. The molecule has 0 aromatic heterocycles. The molecular formula is C11H25N3. The molecule has 0 rings (SSSR count). The number of nitrogens with one attached hydrogen (secondary N) is 1. The normalized spacial score (nSPS) is 12.6. The highest BCUT2D eigenvalue weighted by atomic mass is 15.3. The first-order chi connectivity index (χ1) is 6.65. The van der Waals surface area contributed by atoms with Crippen molar-refractivity contribution in [3.8, 4) is 0 Å². The van der Waals surface area contributed by atoms with Gasteiger partial charge in [0.1, 0.15) is 5.84 Å². The maximum absolute atomic E-state index is 5.50. The van der Waals surface area contributed by atoms with Gasteiger partial charge in [0.05, 0.1) is 0 Å². The van der Waals surface area contributed by atoms with Crippen molar-refractivity contribution in [2.24, 2.45) is 16.8 Å². The first kappa shape index (κ1) is 13.4. The summed E-state index contributed by atoms with van der Waals surface area (Å²) in [6, 6.07) is 0.317. The minimum Gasteiger partial charge on any atom is -0.312 e. The van der Waals surface area contributed by atoms with Crippen LogP contribution in [0.25, 0.3) is 0 Å². The summed E-state index contributed by atoms with van der Waals surface area (Å²) in [4.78, 5) is 4.51. The Morgan fingerprint density at radius 3 is 2.00 bits per heavy atom. The fourth-order valence-electron chi connectivity index (χ4n) is 1.65. The van der Waals surface area contributed by atoms with Gasteiger partial charge < -0.3 is 5.43 Å². The maximum atomic E-state index is 5.50. The van der Waals surface area contributed by atoms with Gasteiger partial charge in [-0.1, -0.05) is 26.7 Å². The molecule has 3 N–H and O–H groups in total. The summed E-state index contributed by atoms with van der Waals surface area (Å²) < 4.78 is 0. The Labute approximate surface area is 88.1 Å². The van der Waals surface area contributed by atoms with Crippen LogP contribution in [0.5, 0.6) is 0 Å². The lowest BCUT2D eigenvalue weighted by atomic mass is 9.97. The first-order valence-electron chi connectivity index (χ1n) is 5.69. The Morgan fingerprint density at radius 2 is 1.71 bits per heavy atom. The van der Waals surface area contributed by atoms with Gasteiger partial charge >= 0.3 is 0 Å². The van der Waals surface area contributed by atoms with Crippen LogP contribution >= 0.6 is 0 Å². The average Bonchev–Trinajstić information content (AvgIpc) is 2.13. The van der Waals surface area contributed by atoms with Crippen LogP contribution in [0.2, 0.25) is 0 Å². The van der Waals surface area contributed by atoms with Crippen molar-refractivity contribution in [1.82, 2.24) is 5.43 Å². The number of nitrogens with two attached hydrogens (primary N) is 1. The van der Waals surface area contributed by atoms with E-state index < -0.39 is 0 Å². The number of amidine groups is 1. The lowest BCUT2D eigenvalue weighted by Gasteiger charge is -2.18. The monoisotopic (exact) mass is 199 g/mol. The maximum Gasteiger partial charge on any atom is 0.114 e. The molecule has 0 unspecified atom stereocenters. The van der Waals surface area contributed by atoms with E-state index in [1.807, 2.05) is 0 Å². The van der Waals surface area contributed by atoms with Crippen LogP contribution in [0, 0.1) is 5.92 Å². The lowest BCUT2D eigenvalue weighted by Crippen LogP contribution is -2.37. The van der Waals surface area contributed by atoms with Crippen molar-refractivity contribution in [2.75, 3.05) is 0 Å². The third-order valence-corrected chi connectivity index (χ3v) is 2.21. The third kappa shape index (κ3) is 5.22. The quantitative estimate of drug-likeness (QED) is 0.299. The van der Waals surface area contributed by atoms with Crippen LogP contribution in [0.15, 0.2) is 4.99 Å². The highest BCUT2D eigenvalue weighted by Gasteiger charge is 2.13. The molecule has 0 saturated carbocycles. The van der Waals surface area contributed by atoms with E-state index in [1.165, 1.54) is 25.7 Å². The van der Waals surface area contributed by atoms with Crippen LogP contribution < -0.4 is 11.3 Å². The van der Waals surface area contributed by atoms with Gasteiger partial charge in [-0.2, -0.15) is 0 Å². The number of rotatable bonds is 6. The van der Waals surface area contributed by atoms with E-state index in [-0.39, 0.29) is 0 Å². The highest BCUT2D eigenvalue weighted by Crippen LogP contribution is 2.14. The van der Waals surface area contributed by atoms with E-state index in [0.717, 1.165) is 5.84 Å². The molecule has 0 aliphatic carbocycles. The standard InChI is InChI=1S/C11H25N3/c1-5-7-10(8-6-2)11(14-12)13-9(3)4/h9-10H,5-8,12H2,1-4H3,(H,13,14). The Hall–Kier alpha value is -0.570. The predicted octanol–water partition coefficient (Wildman–Crippen LogP) is 2.47. The van der Waals surface area contributed by atoms with E-state index in [0.29, 0.717) is 12.0 Å². The van der Waals surface area contributed by atoms with Crippen molar-refractivity contribution in [1.29, 1.82) is 0 Å². The molecule has 0 radical (unpaired) electrons. The van der Waals surface area contributed by atoms with E-state index >= 15 is 0 Å². The fraction of sp³-hybridized carbons (Fsp3) is 0.909. The summed E-state index contributed by atoms with van der Waals surface area (Å²) in [6.45, 7) is 8.55. The van der Waals surface area contributed by atoms with Crippen LogP contribution in [0.4, 0.5) is 0 Å². The van der Waals surface area contributed by atoms with Crippen molar-refractivity contribution in [3.05, 3.63) is 0 Å². The summed E-state index contributed by atoms with van der Waals surface area (Å²) in [5.74, 6) is 6.99. The van der Waals surface area contributed by atoms with Gasteiger partial charge in [-0.3, -0.25) is 4.99 Å². The molecule has 14 heavy (non-hydrogen) atoms. The molecule has 0 bridgehead atoms. The molecule has 3 nitrogen and oxygen atoms in total. The summed E-state index contributed by atoms with van der Waals surface area (Å²) in [5, 5.41) is 0. The Balaban J connectivity index is 4.40. The molecular weight excluding hydrogens is 174 g/mol. The van der Waals surface area contributed by atoms with Gasteiger partial charge in [-0.25, -0.2) is 5.84 Å². The zero-order chi connectivity index (χ0) is 11.0. The molecule has 0 aromatic carbocycles. The van der Waals surface area contributed by atoms with E-state index in [1.54, 1.807) is 0 Å². The molecule has 0 aromatic rings. The van der Waals surface area contributed by atoms with Crippen LogP contribution in [0.3, 0.4) is 0 Å². The molecule has 0 fully saturated rings. The Morgan fingerprint density at radius 1 is 1.21 bits per heavy atom. The number of aliphatic imine (C=N–C) groups is 1. The van der Waals surface area contributed by atoms with Gasteiger partial charge in [-0.05, 0) is 26.7 Å². The van der Waals surface area contributed by atoms with Crippen LogP contribution in [-0.4, -0.2) is 11.9 Å². The topological polar surface area (TPSA) is 50.4 Å². The Kier molecular flexibility index (Phi) is 7.48. The van der Waals surface area contributed by atoms with Gasteiger partial charge in [-0.15, -0.1) is 0 Å². The van der Waals surface area contributed by atoms with E-state index in [4.69, 9.17) is 5.84 Å². The average molecular weight is 199 g/mol. The summed E-state index contributed by atoms with van der Waals surface area (Å²) in [6.07, 6.45) is 4.71. The zero-order valence-electron chi connectivity index (χ0n) is 10.0. The van der Waals surface area contributed by atoms with Crippen molar-refractivity contribution >= 4 is 5.84 Å². The number of nitrogens with zero attached hydrogens (tertiary/aromatic N) is 1. The zero-order valence-corrected chi connectivity index (χ0v) is 10.0. The molecule has 3 heteroatoms. The number of hydrogen-bond acceptors (Lipinski definition) is 2. The first-order valence-corrected chi connectivity index (χ1v) is 5.69. The fourth-order valence-corrected chi connectivity index (χ4v) is 1.65. The second-order valence-corrected chi connectivity index (χ2v) is 4.03. The van der Waals surface area contributed by atoms with Gasteiger partial charge in [0.15, 0.2) is 0 Å². The molecule has 0 aliphatic heterocycles. The van der Waals surface area contributed by atoms with Crippen LogP contribution in [0.1, 0.15) is 53.4 Å². The molecule has 0 aliphatic rings. The molecule has 0 spiro atoms. The highest BCUT2D eigenvalue weighted by molar-refractivity contribution is 5.84. The van der Waals surface area contributed by atoms with E-state index in [9.17, 15) is 0 Å². The molecule has 84 valence electrons. The minimum atomic E-state index is 0.317. The minimum absolute atomic E-state index is 0.317. The lowest BCUT2D eigenvalue weighted by molar-refractivity contribution is 0.539. The van der Waals surface area contributed by atoms with Gasteiger partial charge in [0.25, 0.3) is 0 Å². The second kappa shape index (κ2) is 7.80.